The fraction of sp³-hybridized carbons (Fsp3) is 0.394. The van der Waals surface area contributed by atoms with Gasteiger partial charge in [-0.3, -0.25) is 9.69 Å². The fourth-order valence-electron chi connectivity index (χ4n) is 8.54. The van der Waals surface area contributed by atoms with Crippen molar-refractivity contribution >= 4 is 11.9 Å². The lowest BCUT2D eigenvalue weighted by molar-refractivity contribution is -0.135. The second kappa shape index (κ2) is 8.58. The van der Waals surface area contributed by atoms with Crippen molar-refractivity contribution in [2.24, 2.45) is 23.2 Å². The Bertz CT molecular complexity index is 1310. The minimum absolute atomic E-state index is 0.0618. The highest BCUT2D eigenvalue weighted by atomic mass is 16.2. The van der Waals surface area contributed by atoms with Gasteiger partial charge in [0, 0.05) is 19.0 Å². The number of carbonyl (C=O) groups excluding carboxylic acids is 2. The van der Waals surface area contributed by atoms with Crippen LogP contribution < -0.4 is 0 Å². The predicted octanol–water partition coefficient (Wildman–Crippen LogP) is 5.76. The molecule has 3 amide bonds. The van der Waals surface area contributed by atoms with E-state index < -0.39 is 5.54 Å². The molecule has 1 aliphatic heterocycles. The number of rotatable bonds is 9. The van der Waals surface area contributed by atoms with Gasteiger partial charge in [-0.25, -0.2) is 4.79 Å². The average Bonchev–Trinajstić information content (AvgIpc) is 3.25. The van der Waals surface area contributed by atoms with Gasteiger partial charge in [0.05, 0.1) is 0 Å². The zero-order chi connectivity index (χ0) is 25.0. The minimum Gasteiger partial charge on any atom is -0.309 e. The second-order valence-electron chi connectivity index (χ2n) is 11.6. The van der Waals surface area contributed by atoms with Crippen LogP contribution in [0.5, 0.6) is 0 Å². The SMILES string of the molecule is O=C1N(CCc2ccccc2)C(=O)C2(C3CC4C2C4(CCc2ccccc2)C3)N1CCc1ccccc1. The molecule has 188 valence electrons. The highest BCUT2D eigenvalue weighted by Gasteiger charge is 2.89. The molecule has 5 aliphatic rings. The lowest BCUT2D eigenvalue weighted by Gasteiger charge is -2.35. The first-order valence-corrected chi connectivity index (χ1v) is 13.9. The first-order chi connectivity index (χ1) is 18.1. The van der Waals surface area contributed by atoms with E-state index in [2.05, 4.69) is 66.7 Å². The first kappa shape index (κ1) is 22.8. The summed E-state index contributed by atoms with van der Waals surface area (Å²) in [7, 11) is 0. The molecule has 4 saturated carbocycles. The number of nitrogens with zero attached hydrogens (tertiary/aromatic N) is 2. The van der Waals surface area contributed by atoms with Crippen LogP contribution in [0, 0.1) is 23.2 Å². The normalized spacial score (nSPS) is 31.1. The van der Waals surface area contributed by atoms with Crippen molar-refractivity contribution in [3.8, 4) is 0 Å². The predicted molar refractivity (Wildman–Crippen MR) is 144 cm³/mol. The van der Waals surface area contributed by atoms with Crippen molar-refractivity contribution in [2.45, 2.75) is 44.1 Å². The highest BCUT2D eigenvalue weighted by Crippen LogP contribution is 2.85. The molecule has 5 atom stereocenters. The monoisotopic (exact) mass is 490 g/mol. The molecule has 3 aromatic carbocycles. The third kappa shape index (κ3) is 3.34. The number of amides is 3. The van der Waals surface area contributed by atoms with Crippen LogP contribution in [-0.4, -0.2) is 40.4 Å². The van der Waals surface area contributed by atoms with Crippen molar-refractivity contribution < 1.29 is 9.59 Å². The molecule has 1 spiro atoms. The molecule has 4 bridgehead atoms. The van der Waals surface area contributed by atoms with Crippen molar-refractivity contribution in [1.29, 1.82) is 0 Å². The molecule has 1 saturated heterocycles. The van der Waals surface area contributed by atoms with Crippen molar-refractivity contribution in [3.63, 3.8) is 0 Å². The lowest BCUT2D eigenvalue weighted by atomic mass is 9.86. The van der Waals surface area contributed by atoms with E-state index in [9.17, 15) is 9.59 Å². The van der Waals surface area contributed by atoms with Crippen LogP contribution >= 0.6 is 0 Å². The third-order valence-corrected chi connectivity index (χ3v) is 10.1. The Morgan fingerprint density at radius 3 is 1.81 bits per heavy atom. The second-order valence-corrected chi connectivity index (χ2v) is 11.6. The van der Waals surface area contributed by atoms with Crippen LogP contribution in [0.25, 0.3) is 0 Å². The Hall–Kier alpha value is -3.40. The number of carbonyl (C=O) groups is 2. The largest absolute Gasteiger partial charge is 0.327 e. The van der Waals surface area contributed by atoms with Crippen LogP contribution in [0.1, 0.15) is 36.0 Å². The Kier molecular flexibility index (Phi) is 5.28. The zero-order valence-electron chi connectivity index (χ0n) is 21.3. The van der Waals surface area contributed by atoms with E-state index in [1.54, 1.807) is 4.90 Å². The van der Waals surface area contributed by atoms with E-state index >= 15 is 0 Å². The molecule has 3 aromatic rings. The molecular weight excluding hydrogens is 456 g/mol. The third-order valence-electron chi connectivity index (χ3n) is 10.1. The van der Waals surface area contributed by atoms with E-state index in [1.165, 1.54) is 16.7 Å². The van der Waals surface area contributed by atoms with Crippen LogP contribution in [0.4, 0.5) is 4.79 Å². The van der Waals surface area contributed by atoms with Crippen LogP contribution in [0.3, 0.4) is 0 Å². The van der Waals surface area contributed by atoms with Crippen LogP contribution in [0.2, 0.25) is 0 Å². The van der Waals surface area contributed by atoms with Gasteiger partial charge in [-0.2, -0.15) is 0 Å². The molecule has 8 rings (SSSR count). The Morgan fingerprint density at radius 2 is 1.24 bits per heavy atom. The quantitative estimate of drug-likeness (QED) is 0.358. The van der Waals surface area contributed by atoms with Gasteiger partial charge in [-0.15, -0.1) is 0 Å². The summed E-state index contributed by atoms with van der Waals surface area (Å²) in [6, 6.07) is 31.2. The average molecular weight is 491 g/mol. The minimum atomic E-state index is -0.621. The van der Waals surface area contributed by atoms with Gasteiger partial charge in [-0.05, 0) is 72.5 Å². The number of hydrogen-bond donors (Lipinski definition) is 0. The topological polar surface area (TPSA) is 40.6 Å². The van der Waals surface area contributed by atoms with Crippen molar-refractivity contribution in [1.82, 2.24) is 9.80 Å². The Balaban J connectivity index is 1.17. The molecule has 37 heavy (non-hydrogen) atoms. The van der Waals surface area contributed by atoms with Gasteiger partial charge >= 0.3 is 6.03 Å². The van der Waals surface area contributed by atoms with Gasteiger partial charge in [0.25, 0.3) is 5.91 Å². The van der Waals surface area contributed by atoms with Gasteiger partial charge in [0.15, 0.2) is 0 Å². The van der Waals surface area contributed by atoms with Crippen molar-refractivity contribution in [3.05, 3.63) is 108 Å². The molecule has 4 nitrogen and oxygen atoms in total. The lowest BCUT2D eigenvalue weighted by Crippen LogP contribution is -2.53. The molecule has 0 radical (unpaired) electrons. The van der Waals surface area contributed by atoms with E-state index in [-0.39, 0.29) is 17.4 Å². The summed E-state index contributed by atoms with van der Waals surface area (Å²) in [5.74, 6) is 1.30. The molecule has 4 heteroatoms. The molecule has 4 aliphatic carbocycles. The molecule has 5 unspecified atom stereocenters. The molecular formula is C33H34N2O2. The number of urea groups is 1. The fourth-order valence-corrected chi connectivity index (χ4v) is 8.54. The van der Waals surface area contributed by atoms with Gasteiger partial charge in [0.1, 0.15) is 5.54 Å². The number of aryl methyl sites for hydroxylation is 1. The molecule has 5 fully saturated rings. The van der Waals surface area contributed by atoms with Crippen LogP contribution in [0.15, 0.2) is 91.0 Å². The van der Waals surface area contributed by atoms with E-state index in [0.717, 1.165) is 32.1 Å². The van der Waals surface area contributed by atoms with Crippen LogP contribution in [-0.2, 0) is 24.1 Å². The summed E-state index contributed by atoms with van der Waals surface area (Å²) in [6.07, 6.45) is 5.88. The van der Waals surface area contributed by atoms with E-state index in [4.69, 9.17) is 0 Å². The zero-order valence-corrected chi connectivity index (χ0v) is 21.3. The van der Waals surface area contributed by atoms with E-state index in [1.807, 2.05) is 29.2 Å². The van der Waals surface area contributed by atoms with Gasteiger partial charge in [0.2, 0.25) is 0 Å². The smallest absolute Gasteiger partial charge is 0.309 e. The summed E-state index contributed by atoms with van der Waals surface area (Å²) in [4.78, 5) is 32.0. The summed E-state index contributed by atoms with van der Waals surface area (Å²) in [5.41, 5.74) is 3.37. The summed E-state index contributed by atoms with van der Waals surface area (Å²) < 4.78 is 0. The maximum atomic E-state index is 14.3. The molecule has 0 N–H and O–H groups in total. The molecule has 1 heterocycles. The highest BCUT2D eigenvalue weighted by molar-refractivity contribution is 6.08. The van der Waals surface area contributed by atoms with Gasteiger partial charge < -0.3 is 4.90 Å². The summed E-state index contributed by atoms with van der Waals surface area (Å²) in [6.45, 7) is 1.08. The van der Waals surface area contributed by atoms with Crippen molar-refractivity contribution in [2.75, 3.05) is 13.1 Å². The maximum absolute atomic E-state index is 14.3. The summed E-state index contributed by atoms with van der Waals surface area (Å²) in [5, 5.41) is 0. The van der Waals surface area contributed by atoms with Gasteiger partial charge in [-0.1, -0.05) is 91.0 Å². The number of imide groups is 1. The number of hydrogen-bond acceptors (Lipinski definition) is 2. The molecule has 0 aromatic heterocycles. The Morgan fingerprint density at radius 1 is 0.703 bits per heavy atom. The maximum Gasteiger partial charge on any atom is 0.327 e. The number of benzene rings is 3. The van der Waals surface area contributed by atoms with E-state index in [0.29, 0.717) is 37.3 Å². The summed E-state index contributed by atoms with van der Waals surface area (Å²) >= 11 is 0. The standard InChI is InChI=1S/C33H34N2O2/c36-30-33(27-22-28-29(33)32(28,23-27)19-16-24-10-4-1-5-11-24)35(21-18-26-14-8-3-9-15-26)31(37)34(30)20-17-25-12-6-2-7-13-25/h1-15,27-29H,16-23H2. The first-order valence-electron chi connectivity index (χ1n) is 13.9. The Labute approximate surface area is 219 Å².